The van der Waals surface area contributed by atoms with Crippen molar-refractivity contribution in [2.75, 3.05) is 52.4 Å². The van der Waals surface area contributed by atoms with Crippen molar-refractivity contribution in [3.63, 3.8) is 0 Å². The highest BCUT2D eigenvalue weighted by Crippen LogP contribution is 2.43. The predicted molar refractivity (Wildman–Crippen MR) is 165 cm³/mol. The summed E-state index contributed by atoms with van der Waals surface area (Å²) in [4.78, 5) is 33.1. The average molecular weight is 597 g/mol. The van der Waals surface area contributed by atoms with Gasteiger partial charge in [0.05, 0.1) is 4.88 Å². The molecule has 40 heavy (non-hydrogen) atoms. The Morgan fingerprint density at radius 1 is 0.775 bits per heavy atom. The number of rotatable bonds is 6. The summed E-state index contributed by atoms with van der Waals surface area (Å²) in [5.74, 6) is 0.556. The maximum Gasteiger partial charge on any atom is 0.219 e. The number of aryl methyl sites for hydroxylation is 1. The van der Waals surface area contributed by atoms with Gasteiger partial charge in [0.15, 0.2) is 0 Å². The number of hydrogen-bond acceptors (Lipinski definition) is 8. The number of benzene rings is 2. The van der Waals surface area contributed by atoms with Crippen LogP contribution in [0.15, 0.2) is 36.4 Å². The van der Waals surface area contributed by atoms with E-state index in [0.29, 0.717) is 45.0 Å². The summed E-state index contributed by atoms with van der Waals surface area (Å²) in [5, 5.41) is 11.5. The molecule has 0 bridgehead atoms. The number of amides is 2. The third kappa shape index (κ3) is 6.47. The Morgan fingerprint density at radius 2 is 1.25 bits per heavy atom. The summed E-state index contributed by atoms with van der Waals surface area (Å²) in [6.07, 6.45) is 0. The van der Waals surface area contributed by atoms with Crippen LogP contribution in [0.4, 0.5) is 0 Å². The van der Waals surface area contributed by atoms with Crippen molar-refractivity contribution in [2.24, 2.45) is 0 Å². The maximum atomic E-state index is 11.8. The molecule has 1 N–H and O–H groups in total. The van der Waals surface area contributed by atoms with E-state index in [4.69, 9.17) is 12.2 Å². The summed E-state index contributed by atoms with van der Waals surface area (Å²) in [6, 6.07) is 12.7. The van der Waals surface area contributed by atoms with E-state index in [-0.39, 0.29) is 11.8 Å². The maximum absolute atomic E-state index is 11.8. The highest BCUT2D eigenvalue weighted by molar-refractivity contribution is 7.80. The van der Waals surface area contributed by atoms with Crippen LogP contribution in [0.3, 0.4) is 0 Å². The fraction of sp³-hybridized carbons (Fsp3) is 0.433. The van der Waals surface area contributed by atoms with E-state index < -0.39 is 0 Å². The topological polar surface area (TPSA) is 67.3 Å². The highest BCUT2D eigenvalue weighted by Gasteiger charge is 2.24. The molecule has 1 aromatic heterocycles. The van der Waals surface area contributed by atoms with Crippen LogP contribution >= 0.6 is 32.9 Å². The van der Waals surface area contributed by atoms with Crippen molar-refractivity contribution in [1.29, 1.82) is 0 Å². The van der Waals surface area contributed by atoms with Gasteiger partial charge in [-0.15, -0.1) is 0 Å². The van der Waals surface area contributed by atoms with Crippen LogP contribution in [-0.2, 0) is 22.7 Å². The van der Waals surface area contributed by atoms with Crippen molar-refractivity contribution >= 4 is 44.7 Å². The molecule has 2 amide bonds. The van der Waals surface area contributed by atoms with E-state index >= 15 is 0 Å². The first kappa shape index (κ1) is 28.9. The Bertz CT molecular complexity index is 1380. The van der Waals surface area contributed by atoms with Crippen LogP contribution in [0, 0.1) is 10.7 Å². The van der Waals surface area contributed by atoms with Gasteiger partial charge in [-0.05, 0) is 30.2 Å². The third-order valence-corrected chi connectivity index (χ3v) is 11.0. The van der Waals surface area contributed by atoms with Gasteiger partial charge in [-0.25, -0.2) is 0 Å². The van der Waals surface area contributed by atoms with E-state index in [1.807, 2.05) is 9.80 Å². The average Bonchev–Trinajstić information content (AvgIpc) is 3.33. The molecule has 7 nitrogen and oxygen atoms in total. The molecule has 0 saturated carbocycles. The highest BCUT2D eigenvalue weighted by atomic mass is 32.9. The van der Waals surface area contributed by atoms with E-state index in [0.717, 1.165) is 62.7 Å². The van der Waals surface area contributed by atoms with E-state index in [2.05, 4.69) is 53.1 Å². The fourth-order valence-corrected chi connectivity index (χ4v) is 8.37. The molecule has 10 heteroatoms. The summed E-state index contributed by atoms with van der Waals surface area (Å²) < 4.78 is 0.876. The lowest BCUT2D eigenvalue weighted by Crippen LogP contribution is -2.47. The smallest absolute Gasteiger partial charge is 0.219 e. The van der Waals surface area contributed by atoms with Crippen LogP contribution in [0.25, 0.3) is 21.6 Å². The lowest BCUT2D eigenvalue weighted by atomic mass is 9.97. The number of phenols is 1. The summed E-state index contributed by atoms with van der Waals surface area (Å²) >= 11 is 5.80. The summed E-state index contributed by atoms with van der Waals surface area (Å²) in [6.45, 7) is 12.5. The van der Waals surface area contributed by atoms with Gasteiger partial charge in [0, 0.05) is 96.0 Å². The van der Waals surface area contributed by atoms with Crippen LogP contribution in [0.5, 0.6) is 5.75 Å². The lowest BCUT2D eigenvalue weighted by molar-refractivity contribution is -0.131. The second-order valence-electron chi connectivity index (χ2n) is 10.7. The lowest BCUT2D eigenvalue weighted by Gasteiger charge is -2.35. The van der Waals surface area contributed by atoms with Crippen molar-refractivity contribution in [2.45, 2.75) is 33.9 Å². The quantitative estimate of drug-likeness (QED) is 0.311. The number of hydrogen-bond donors (Lipinski definition) is 1. The molecule has 2 aliphatic heterocycles. The second kappa shape index (κ2) is 12.5. The number of aromatic hydroxyl groups is 1. The summed E-state index contributed by atoms with van der Waals surface area (Å²) in [5.41, 5.74) is 6.26. The van der Waals surface area contributed by atoms with E-state index in [1.165, 1.54) is 5.56 Å². The minimum atomic E-state index is 0.110. The molecule has 2 saturated heterocycles. The SMILES string of the molecule is CC(=O)N1CCN(Cc2cc(-c3ssc(=S)c3-c3ccc(C)cc3)cc(CN3CCN(C(C)=O)CC3)c2O)CC1. The largest absolute Gasteiger partial charge is 0.507 e. The first-order chi connectivity index (χ1) is 19.2. The van der Waals surface area contributed by atoms with Crippen LogP contribution in [0.1, 0.15) is 30.5 Å². The molecule has 0 radical (unpaired) electrons. The molecular weight excluding hydrogens is 561 g/mol. The number of carbonyl (C=O) groups excluding carboxylic acids is 2. The van der Waals surface area contributed by atoms with Gasteiger partial charge in [0.1, 0.15) is 9.57 Å². The molecule has 2 fully saturated rings. The van der Waals surface area contributed by atoms with Crippen molar-refractivity contribution in [3.8, 4) is 27.3 Å². The minimum Gasteiger partial charge on any atom is -0.507 e. The molecule has 0 aliphatic carbocycles. The van der Waals surface area contributed by atoms with E-state index in [1.54, 1.807) is 34.5 Å². The van der Waals surface area contributed by atoms with Gasteiger partial charge in [0.25, 0.3) is 0 Å². The van der Waals surface area contributed by atoms with Crippen molar-refractivity contribution < 1.29 is 14.7 Å². The molecule has 2 aromatic carbocycles. The molecule has 2 aliphatic rings. The molecule has 3 aromatic rings. The van der Waals surface area contributed by atoms with Gasteiger partial charge in [-0.1, -0.05) is 62.7 Å². The molecular formula is C30H36N4O3S3. The molecule has 0 spiro atoms. The molecule has 5 rings (SSSR count). The predicted octanol–water partition coefficient (Wildman–Crippen LogP) is 5.22. The second-order valence-corrected chi connectivity index (χ2v) is 13.5. The monoisotopic (exact) mass is 596 g/mol. The Morgan fingerprint density at radius 3 is 1.70 bits per heavy atom. The van der Waals surface area contributed by atoms with Gasteiger partial charge in [-0.2, -0.15) is 0 Å². The Labute approximate surface area is 248 Å². The first-order valence-electron chi connectivity index (χ1n) is 13.7. The van der Waals surface area contributed by atoms with Gasteiger partial charge >= 0.3 is 0 Å². The Balaban J connectivity index is 1.48. The molecule has 212 valence electrons. The third-order valence-electron chi connectivity index (χ3n) is 7.93. The van der Waals surface area contributed by atoms with Crippen LogP contribution in [-0.4, -0.2) is 88.9 Å². The fourth-order valence-electron chi connectivity index (χ4n) is 5.47. The van der Waals surface area contributed by atoms with Crippen molar-refractivity contribution in [1.82, 2.24) is 19.6 Å². The first-order valence-corrected chi connectivity index (χ1v) is 16.3. The zero-order valence-corrected chi connectivity index (χ0v) is 25.8. The molecule has 0 atom stereocenters. The molecule has 0 unspecified atom stereocenters. The standard InChI is InChI=1S/C30H36N4O3S3/c1-20-4-6-23(7-5-20)27-29(39-40-30(27)38)24-16-25(18-31-8-12-33(13-9-31)21(2)35)28(37)26(17-24)19-32-10-14-34(15-11-32)22(3)36/h4-7,16-17,37H,8-15,18-19H2,1-3H3. The summed E-state index contributed by atoms with van der Waals surface area (Å²) in [7, 11) is 3.31. The van der Waals surface area contributed by atoms with Crippen LogP contribution in [0.2, 0.25) is 0 Å². The number of phenolic OH excluding ortho intramolecular Hbond substituents is 1. The molecule has 3 heterocycles. The normalized spacial score (nSPS) is 16.9. The number of piperazine rings is 2. The van der Waals surface area contributed by atoms with Gasteiger partial charge in [-0.3, -0.25) is 19.4 Å². The Kier molecular flexibility index (Phi) is 9.01. The van der Waals surface area contributed by atoms with Gasteiger partial charge in [0.2, 0.25) is 11.8 Å². The number of nitrogens with zero attached hydrogens (tertiary/aromatic N) is 4. The zero-order chi connectivity index (χ0) is 28.4. The van der Waals surface area contributed by atoms with E-state index in [9.17, 15) is 14.7 Å². The number of carbonyl (C=O) groups is 2. The van der Waals surface area contributed by atoms with Gasteiger partial charge < -0.3 is 14.9 Å². The van der Waals surface area contributed by atoms with Crippen LogP contribution < -0.4 is 0 Å². The van der Waals surface area contributed by atoms with Crippen molar-refractivity contribution in [3.05, 3.63) is 56.9 Å². The Hall–Kier alpha value is -2.63. The minimum absolute atomic E-state index is 0.110. The zero-order valence-electron chi connectivity index (χ0n) is 23.3.